The summed E-state index contributed by atoms with van der Waals surface area (Å²) >= 11 is 5.96. The minimum absolute atomic E-state index is 0.0329. The first kappa shape index (κ1) is 25.9. The maximum absolute atomic E-state index is 12.7. The number of halogens is 4. The van der Waals surface area contributed by atoms with Crippen molar-refractivity contribution in [2.75, 3.05) is 19.8 Å². The van der Waals surface area contributed by atoms with E-state index in [1.54, 1.807) is 30.6 Å². The van der Waals surface area contributed by atoms with Crippen molar-refractivity contribution in [3.05, 3.63) is 35.2 Å². The van der Waals surface area contributed by atoms with Gasteiger partial charge in [-0.15, -0.1) is 13.2 Å². The number of rotatable bonds is 8. The zero-order valence-electron chi connectivity index (χ0n) is 18.4. The number of ether oxygens (including phenoxy) is 2. The number of fused-ring (bicyclic) bond motifs is 1. The number of amides is 1. The van der Waals surface area contributed by atoms with Gasteiger partial charge in [0.2, 0.25) is 5.82 Å². The summed E-state index contributed by atoms with van der Waals surface area (Å²) in [6.45, 7) is -0.775. The molecule has 3 aromatic rings. The van der Waals surface area contributed by atoms with Crippen LogP contribution in [0.15, 0.2) is 33.8 Å². The highest BCUT2D eigenvalue weighted by molar-refractivity contribution is 6.31. The van der Waals surface area contributed by atoms with Crippen LogP contribution in [-0.2, 0) is 4.74 Å². The van der Waals surface area contributed by atoms with Crippen molar-refractivity contribution in [2.24, 2.45) is 4.99 Å². The van der Waals surface area contributed by atoms with E-state index in [2.05, 4.69) is 50.8 Å². The second kappa shape index (κ2) is 10.9. The molecule has 4 rings (SSSR count). The minimum atomic E-state index is -4.74. The molecule has 3 radical (unpaired) electrons. The lowest BCUT2D eigenvalue weighted by Gasteiger charge is -2.37. The Morgan fingerprint density at radius 2 is 2.22 bits per heavy atom. The summed E-state index contributed by atoms with van der Waals surface area (Å²) in [7, 11) is 3.63. The van der Waals surface area contributed by atoms with Gasteiger partial charge in [-0.2, -0.15) is 0 Å². The maximum atomic E-state index is 12.7. The van der Waals surface area contributed by atoms with Gasteiger partial charge in [-0.1, -0.05) is 21.8 Å². The van der Waals surface area contributed by atoms with Gasteiger partial charge in [0.15, 0.2) is 0 Å². The molecule has 1 saturated heterocycles. The molecule has 0 saturated carbocycles. The molecule has 1 aromatic carbocycles. The van der Waals surface area contributed by atoms with Crippen LogP contribution in [-0.4, -0.2) is 79.9 Å². The third-order valence-corrected chi connectivity index (χ3v) is 5.77. The fraction of sp³-hybridized carbons (Fsp3) is 0.400. The molecule has 2 N–H and O–H groups in total. The summed E-state index contributed by atoms with van der Waals surface area (Å²) in [6.07, 6.45) is -0.828. The summed E-state index contributed by atoms with van der Waals surface area (Å²) in [6, 6.07) is 4.83. The fourth-order valence-corrected chi connectivity index (χ4v) is 3.81. The topological polar surface area (TPSA) is 137 Å². The molecule has 1 fully saturated rings. The number of hydrogen-bond donors (Lipinski definition) is 2. The predicted molar refractivity (Wildman–Crippen MR) is 121 cm³/mol. The highest BCUT2D eigenvalue weighted by Gasteiger charge is 2.33. The zero-order chi connectivity index (χ0) is 25.8. The van der Waals surface area contributed by atoms with Crippen molar-refractivity contribution >= 4 is 50.9 Å². The minimum Gasteiger partial charge on any atom is -0.447 e. The van der Waals surface area contributed by atoms with Crippen LogP contribution in [0.5, 0.6) is 6.08 Å². The SMILES string of the molecule is O=C(N[C@]1([Si])CCC(/C=N\c2nnc(OCCOC(F)(F)F)o2)NC1)c1ncc2cc(Cl)ccc2n1. The van der Waals surface area contributed by atoms with E-state index in [0.29, 0.717) is 29.9 Å². The average Bonchev–Trinajstić information content (AvgIpc) is 3.28. The molecule has 1 aliphatic heterocycles. The molecule has 189 valence electrons. The lowest BCUT2D eigenvalue weighted by Crippen LogP contribution is -2.60. The van der Waals surface area contributed by atoms with Gasteiger partial charge in [-0.05, 0) is 31.0 Å². The Morgan fingerprint density at radius 3 is 2.97 bits per heavy atom. The molecular weight excluding hydrogens is 523 g/mol. The number of hydrogen-bond acceptors (Lipinski definition) is 10. The highest BCUT2D eigenvalue weighted by Crippen LogP contribution is 2.20. The normalized spacial score (nSPS) is 20.6. The summed E-state index contributed by atoms with van der Waals surface area (Å²) < 4.78 is 49.3. The summed E-state index contributed by atoms with van der Waals surface area (Å²) in [5.74, 6) is -0.402. The Hall–Kier alpha value is -3.14. The Labute approximate surface area is 210 Å². The van der Waals surface area contributed by atoms with Crippen LogP contribution in [0.4, 0.5) is 19.2 Å². The van der Waals surface area contributed by atoms with Crippen LogP contribution < -0.4 is 15.4 Å². The Bertz CT molecular complexity index is 1250. The van der Waals surface area contributed by atoms with E-state index in [1.807, 2.05) is 0 Å². The zero-order valence-corrected chi connectivity index (χ0v) is 20.1. The van der Waals surface area contributed by atoms with Crippen LogP contribution in [0.1, 0.15) is 23.5 Å². The maximum Gasteiger partial charge on any atom is 0.522 e. The first-order valence-corrected chi connectivity index (χ1v) is 11.4. The van der Waals surface area contributed by atoms with Crippen LogP contribution in [0, 0.1) is 0 Å². The van der Waals surface area contributed by atoms with E-state index < -0.39 is 30.6 Å². The van der Waals surface area contributed by atoms with E-state index in [9.17, 15) is 18.0 Å². The molecule has 11 nitrogen and oxygen atoms in total. The highest BCUT2D eigenvalue weighted by atomic mass is 35.5. The lowest BCUT2D eigenvalue weighted by molar-refractivity contribution is -0.325. The van der Waals surface area contributed by atoms with E-state index in [4.69, 9.17) is 20.8 Å². The molecule has 36 heavy (non-hydrogen) atoms. The molecule has 1 unspecified atom stereocenters. The van der Waals surface area contributed by atoms with Crippen LogP contribution in [0.3, 0.4) is 0 Å². The summed E-state index contributed by atoms with van der Waals surface area (Å²) in [5.41, 5.74) is 0.602. The largest absolute Gasteiger partial charge is 0.522 e. The van der Waals surface area contributed by atoms with Crippen molar-refractivity contribution in [1.29, 1.82) is 0 Å². The van der Waals surface area contributed by atoms with E-state index in [-0.39, 0.29) is 24.0 Å². The van der Waals surface area contributed by atoms with Crippen LogP contribution >= 0.6 is 11.6 Å². The van der Waals surface area contributed by atoms with Gasteiger partial charge in [0.25, 0.3) is 5.91 Å². The number of alkyl halides is 3. The van der Waals surface area contributed by atoms with Crippen molar-refractivity contribution in [1.82, 2.24) is 30.8 Å². The van der Waals surface area contributed by atoms with Crippen LogP contribution in [0.2, 0.25) is 5.02 Å². The number of nitrogens with one attached hydrogen (secondary N) is 2. The number of nitrogens with zero attached hydrogens (tertiary/aromatic N) is 5. The molecule has 16 heteroatoms. The van der Waals surface area contributed by atoms with Gasteiger partial charge in [0, 0.05) is 40.6 Å². The number of aromatic nitrogens is 4. The number of carbonyl (C=O) groups excluding carboxylic acids is 1. The summed E-state index contributed by atoms with van der Waals surface area (Å²) in [4.78, 5) is 25.2. The molecule has 0 aliphatic carbocycles. The quantitative estimate of drug-likeness (QED) is 0.250. The molecule has 0 spiro atoms. The van der Waals surface area contributed by atoms with Gasteiger partial charge >= 0.3 is 18.5 Å². The monoisotopic (exact) mass is 540 g/mol. The Balaban J connectivity index is 1.25. The second-order valence-corrected chi connectivity index (χ2v) is 9.12. The van der Waals surface area contributed by atoms with Crippen molar-refractivity contribution in [3.63, 3.8) is 0 Å². The Morgan fingerprint density at radius 1 is 1.39 bits per heavy atom. The molecule has 0 bridgehead atoms. The van der Waals surface area contributed by atoms with Crippen molar-refractivity contribution in [3.8, 4) is 6.08 Å². The van der Waals surface area contributed by atoms with Gasteiger partial charge in [0.05, 0.1) is 22.4 Å². The number of piperidine rings is 1. The molecule has 1 amide bonds. The van der Waals surface area contributed by atoms with E-state index >= 15 is 0 Å². The first-order valence-electron chi connectivity index (χ1n) is 10.5. The third-order valence-electron chi connectivity index (χ3n) is 4.98. The molecule has 3 heterocycles. The van der Waals surface area contributed by atoms with E-state index in [1.165, 1.54) is 0 Å². The summed E-state index contributed by atoms with van der Waals surface area (Å²) in [5, 5.41) is 13.8. The lowest BCUT2D eigenvalue weighted by atomic mass is 10.0. The average molecular weight is 541 g/mol. The standard InChI is InChI=1S/C20H18ClF3N7O4Si/c21-12-1-2-14-11(7-12)8-25-15(28-14)16(32)29-19(36)4-3-13(27-10-19)9-26-17-30-31-18(35-17)33-5-6-34-20(22,23)24/h1-2,7-9,13,27H,3-6,10H2,(H,29,32)/b26-9-/t13?,19-/m0/s1. The van der Waals surface area contributed by atoms with Gasteiger partial charge < -0.3 is 19.8 Å². The van der Waals surface area contributed by atoms with Gasteiger partial charge in [-0.3, -0.25) is 9.53 Å². The molecule has 2 aromatic heterocycles. The number of aliphatic imine (C=N–C) groups is 1. The molecule has 1 aliphatic rings. The second-order valence-electron chi connectivity index (χ2n) is 7.73. The third kappa shape index (κ3) is 7.19. The van der Waals surface area contributed by atoms with Crippen molar-refractivity contribution in [2.45, 2.75) is 30.4 Å². The smallest absolute Gasteiger partial charge is 0.447 e. The first-order chi connectivity index (χ1) is 17.1. The fourth-order valence-electron chi connectivity index (χ4n) is 3.27. The number of benzene rings is 1. The Kier molecular flexibility index (Phi) is 7.82. The van der Waals surface area contributed by atoms with E-state index in [0.717, 1.165) is 5.39 Å². The van der Waals surface area contributed by atoms with Gasteiger partial charge in [-0.25, -0.2) is 15.0 Å². The van der Waals surface area contributed by atoms with Crippen molar-refractivity contribution < 1.29 is 31.9 Å². The molecule has 2 atom stereocenters. The molecular formula is C20H18ClF3N7O4Si. The number of carbonyl (C=O) groups is 1. The van der Waals surface area contributed by atoms with Crippen LogP contribution in [0.25, 0.3) is 10.9 Å². The van der Waals surface area contributed by atoms with Gasteiger partial charge in [0.1, 0.15) is 6.61 Å². The predicted octanol–water partition coefficient (Wildman–Crippen LogP) is 2.33.